The highest BCUT2D eigenvalue weighted by Gasteiger charge is 2.09. The van der Waals surface area contributed by atoms with Gasteiger partial charge in [0, 0.05) is 11.1 Å². The van der Waals surface area contributed by atoms with Gasteiger partial charge < -0.3 is 0 Å². The van der Waals surface area contributed by atoms with E-state index in [0.29, 0.717) is 11.1 Å². The molecule has 144 valence electrons. The first-order valence-electron chi connectivity index (χ1n) is 7.84. The van der Waals surface area contributed by atoms with E-state index in [1.54, 1.807) is 60.7 Å². The number of carbonyl (C=O) groups excluding carboxylic acids is 3. The SMILES string of the molecule is O=C(NNC(=S)NC(=O)c1ccccc1)NNC(=S)NC(=O)c1ccccc1. The zero-order chi connectivity index (χ0) is 20.4. The summed E-state index contributed by atoms with van der Waals surface area (Å²) in [6.45, 7) is 0. The summed E-state index contributed by atoms with van der Waals surface area (Å²) < 4.78 is 0. The van der Waals surface area contributed by atoms with Gasteiger partial charge in [0.1, 0.15) is 0 Å². The van der Waals surface area contributed by atoms with Gasteiger partial charge in [0.15, 0.2) is 10.2 Å². The highest BCUT2D eigenvalue weighted by Crippen LogP contribution is 1.98. The number of thiocarbonyl (C=S) groups is 2. The highest BCUT2D eigenvalue weighted by atomic mass is 32.1. The van der Waals surface area contributed by atoms with Crippen LogP contribution in [-0.2, 0) is 0 Å². The quantitative estimate of drug-likeness (QED) is 0.315. The Bertz CT molecular complexity index is 805. The number of hydrazine groups is 2. The monoisotopic (exact) mass is 416 g/mol. The van der Waals surface area contributed by atoms with Gasteiger partial charge in [0.2, 0.25) is 0 Å². The Morgan fingerprint density at radius 2 is 0.929 bits per heavy atom. The summed E-state index contributed by atoms with van der Waals surface area (Å²) in [4.78, 5) is 35.5. The molecule has 0 atom stereocenters. The predicted octanol–water partition coefficient (Wildman–Crippen LogP) is 0.725. The van der Waals surface area contributed by atoms with Crippen LogP contribution < -0.4 is 32.3 Å². The Labute approximate surface area is 171 Å². The first-order chi connectivity index (χ1) is 13.5. The van der Waals surface area contributed by atoms with E-state index >= 15 is 0 Å². The smallest absolute Gasteiger partial charge is 0.298 e. The molecule has 0 saturated heterocycles. The molecule has 11 heteroatoms. The minimum absolute atomic E-state index is 0.107. The van der Waals surface area contributed by atoms with E-state index in [4.69, 9.17) is 24.4 Å². The molecule has 0 aliphatic rings. The second-order valence-corrected chi connectivity index (χ2v) is 5.94. The summed E-state index contributed by atoms with van der Waals surface area (Å²) in [6, 6.07) is 16.1. The summed E-state index contributed by atoms with van der Waals surface area (Å²) in [5, 5.41) is 4.58. The minimum Gasteiger partial charge on any atom is -0.298 e. The van der Waals surface area contributed by atoms with Crippen LogP contribution in [0.5, 0.6) is 0 Å². The van der Waals surface area contributed by atoms with Crippen LogP contribution in [0, 0.1) is 0 Å². The van der Waals surface area contributed by atoms with E-state index in [1.807, 2.05) is 0 Å². The normalized spacial score (nSPS) is 9.43. The standard InChI is InChI=1S/C17H16N6O3S2/c24-13(11-7-3-1-4-8-11)18-16(27)22-20-15(26)21-23-17(28)19-14(25)12-9-5-2-6-10-12/h1-10H,(H2,20,21,26)(H2,18,22,24,27)(H2,19,23,25,28). The van der Waals surface area contributed by atoms with Crippen LogP contribution in [0.25, 0.3) is 0 Å². The van der Waals surface area contributed by atoms with E-state index < -0.39 is 17.8 Å². The lowest BCUT2D eigenvalue weighted by atomic mass is 10.2. The molecular weight excluding hydrogens is 400 g/mol. The number of urea groups is 1. The summed E-state index contributed by atoms with van der Waals surface area (Å²) in [6.07, 6.45) is 0. The average Bonchev–Trinajstić information content (AvgIpc) is 2.72. The number of amides is 4. The molecular formula is C17H16N6O3S2. The molecule has 0 spiro atoms. The summed E-state index contributed by atoms with van der Waals surface area (Å²) in [5.41, 5.74) is 9.89. The molecule has 0 heterocycles. The van der Waals surface area contributed by atoms with Crippen molar-refractivity contribution in [2.24, 2.45) is 0 Å². The van der Waals surface area contributed by atoms with Crippen LogP contribution in [0.2, 0.25) is 0 Å². The third-order valence-electron chi connectivity index (χ3n) is 3.11. The Morgan fingerprint density at radius 1 is 0.571 bits per heavy atom. The first-order valence-corrected chi connectivity index (χ1v) is 8.66. The Morgan fingerprint density at radius 3 is 1.29 bits per heavy atom. The maximum absolute atomic E-state index is 11.9. The Balaban J connectivity index is 1.66. The van der Waals surface area contributed by atoms with Crippen molar-refractivity contribution in [3.8, 4) is 0 Å². The van der Waals surface area contributed by atoms with Crippen LogP contribution in [-0.4, -0.2) is 28.1 Å². The van der Waals surface area contributed by atoms with Crippen molar-refractivity contribution in [1.29, 1.82) is 0 Å². The molecule has 0 unspecified atom stereocenters. The second kappa shape index (κ2) is 10.5. The maximum atomic E-state index is 11.9. The molecule has 9 nitrogen and oxygen atoms in total. The van der Waals surface area contributed by atoms with Crippen LogP contribution in [0.4, 0.5) is 4.79 Å². The molecule has 0 aromatic heterocycles. The molecule has 0 aliphatic carbocycles. The largest absolute Gasteiger partial charge is 0.352 e. The molecule has 2 rings (SSSR count). The fraction of sp³-hybridized carbons (Fsp3) is 0. The maximum Gasteiger partial charge on any atom is 0.352 e. The lowest BCUT2D eigenvalue weighted by Crippen LogP contribution is -2.56. The van der Waals surface area contributed by atoms with Crippen molar-refractivity contribution in [1.82, 2.24) is 32.3 Å². The van der Waals surface area contributed by atoms with Gasteiger partial charge in [0.25, 0.3) is 11.8 Å². The summed E-state index contributed by atoms with van der Waals surface area (Å²) in [7, 11) is 0. The Kier molecular flexibility index (Phi) is 7.81. The predicted molar refractivity (Wildman–Crippen MR) is 111 cm³/mol. The van der Waals surface area contributed by atoms with E-state index in [2.05, 4.69) is 32.3 Å². The molecule has 0 bridgehead atoms. The molecule has 6 N–H and O–H groups in total. The van der Waals surface area contributed by atoms with E-state index in [9.17, 15) is 14.4 Å². The van der Waals surface area contributed by atoms with Crippen molar-refractivity contribution in [3.05, 3.63) is 71.8 Å². The molecule has 4 amide bonds. The van der Waals surface area contributed by atoms with Crippen molar-refractivity contribution in [2.75, 3.05) is 0 Å². The third kappa shape index (κ3) is 6.97. The summed E-state index contributed by atoms with van der Waals surface area (Å²) >= 11 is 9.81. The number of hydrogen-bond acceptors (Lipinski definition) is 5. The average molecular weight is 416 g/mol. The topological polar surface area (TPSA) is 123 Å². The van der Waals surface area contributed by atoms with Crippen molar-refractivity contribution in [3.63, 3.8) is 0 Å². The van der Waals surface area contributed by atoms with Crippen molar-refractivity contribution >= 4 is 52.5 Å². The molecule has 2 aromatic carbocycles. The number of benzene rings is 2. The van der Waals surface area contributed by atoms with Gasteiger partial charge in [-0.2, -0.15) is 0 Å². The lowest BCUT2D eigenvalue weighted by Gasteiger charge is -2.13. The van der Waals surface area contributed by atoms with E-state index in [-0.39, 0.29) is 10.2 Å². The van der Waals surface area contributed by atoms with Gasteiger partial charge in [-0.15, -0.1) is 0 Å². The summed E-state index contributed by atoms with van der Waals surface area (Å²) in [5.74, 6) is -0.855. The van der Waals surface area contributed by atoms with Gasteiger partial charge in [-0.3, -0.25) is 31.1 Å². The van der Waals surface area contributed by atoms with E-state index in [0.717, 1.165) is 0 Å². The van der Waals surface area contributed by atoms with E-state index in [1.165, 1.54) is 0 Å². The second-order valence-electron chi connectivity index (χ2n) is 5.13. The van der Waals surface area contributed by atoms with Crippen molar-refractivity contribution in [2.45, 2.75) is 0 Å². The number of carbonyl (C=O) groups is 3. The van der Waals surface area contributed by atoms with Gasteiger partial charge in [-0.05, 0) is 48.7 Å². The number of rotatable bonds is 2. The fourth-order valence-electron chi connectivity index (χ4n) is 1.85. The Hall–Kier alpha value is -3.57. The molecule has 2 aromatic rings. The zero-order valence-corrected chi connectivity index (χ0v) is 15.9. The fourth-order valence-corrected chi connectivity index (χ4v) is 2.14. The van der Waals surface area contributed by atoms with Crippen molar-refractivity contribution < 1.29 is 14.4 Å². The number of hydrogen-bond donors (Lipinski definition) is 6. The van der Waals surface area contributed by atoms with Gasteiger partial charge in [-0.1, -0.05) is 36.4 Å². The van der Waals surface area contributed by atoms with Gasteiger partial charge >= 0.3 is 6.03 Å². The molecule has 0 aliphatic heterocycles. The van der Waals surface area contributed by atoms with Crippen LogP contribution in [0.1, 0.15) is 20.7 Å². The van der Waals surface area contributed by atoms with Gasteiger partial charge in [0.05, 0.1) is 0 Å². The van der Waals surface area contributed by atoms with Crippen LogP contribution >= 0.6 is 24.4 Å². The van der Waals surface area contributed by atoms with Crippen LogP contribution in [0.3, 0.4) is 0 Å². The zero-order valence-electron chi connectivity index (χ0n) is 14.3. The first kappa shape index (κ1) is 20.7. The molecule has 0 saturated carbocycles. The molecule has 0 radical (unpaired) electrons. The molecule has 28 heavy (non-hydrogen) atoms. The molecule has 0 fully saturated rings. The lowest BCUT2D eigenvalue weighted by molar-refractivity contribution is 0.0968. The third-order valence-corrected chi connectivity index (χ3v) is 3.51. The van der Waals surface area contributed by atoms with Crippen LogP contribution in [0.15, 0.2) is 60.7 Å². The minimum atomic E-state index is -0.757. The number of nitrogens with one attached hydrogen (secondary N) is 6. The van der Waals surface area contributed by atoms with Gasteiger partial charge in [-0.25, -0.2) is 15.6 Å². The highest BCUT2D eigenvalue weighted by molar-refractivity contribution is 7.80.